The maximum Gasteiger partial charge on any atom is 0.328 e. The van der Waals surface area contributed by atoms with Crippen LogP contribution in [-0.2, 0) is 9.09 Å². The Morgan fingerprint density at radius 3 is 2.31 bits per heavy atom. The van der Waals surface area contributed by atoms with E-state index in [1.807, 2.05) is 6.92 Å². The zero-order valence-corrected chi connectivity index (χ0v) is 11.8. The Hall–Kier alpha value is 0.150. The van der Waals surface area contributed by atoms with Crippen LogP contribution in [0.15, 0.2) is 0 Å². The molecule has 0 heterocycles. The first kappa shape index (κ1) is 16.1. The van der Waals surface area contributed by atoms with Gasteiger partial charge in [0.05, 0.1) is 12.8 Å². The first-order valence-corrected chi connectivity index (χ1v) is 8.28. The Morgan fingerprint density at radius 1 is 1.19 bits per heavy atom. The van der Waals surface area contributed by atoms with Crippen molar-refractivity contribution in [1.82, 2.24) is 0 Å². The van der Waals surface area contributed by atoms with Gasteiger partial charge in [0, 0.05) is 0 Å². The predicted octanol–water partition coefficient (Wildman–Crippen LogP) is 4.20. The molecule has 0 saturated carbocycles. The molecular formula is C12H27O3P. The lowest BCUT2D eigenvalue weighted by Crippen LogP contribution is -2.08. The van der Waals surface area contributed by atoms with Crippen molar-refractivity contribution in [2.45, 2.75) is 59.3 Å². The third-order valence-corrected chi connectivity index (χ3v) is 4.39. The van der Waals surface area contributed by atoms with Gasteiger partial charge in [-0.15, -0.1) is 0 Å². The third kappa shape index (κ3) is 8.32. The molecule has 0 aliphatic rings. The van der Waals surface area contributed by atoms with Gasteiger partial charge in [0.25, 0.3) is 0 Å². The zero-order chi connectivity index (χ0) is 12.4. The number of unbranched alkanes of at least 4 members (excludes halogenated alkanes) is 2. The van der Waals surface area contributed by atoms with Crippen molar-refractivity contribution in [3.63, 3.8) is 0 Å². The summed E-state index contributed by atoms with van der Waals surface area (Å²) < 4.78 is 16.8. The minimum Gasteiger partial charge on any atom is -0.324 e. The fourth-order valence-electron chi connectivity index (χ4n) is 1.65. The molecule has 0 fully saturated rings. The Bertz CT molecular complexity index is 206. The standard InChI is InChI=1S/C12H27O3P/c1-4-7-9-12(6-3)11-16(13,14)15-10-8-5-2/h12H,4-11H2,1-3H3,(H,13,14). The van der Waals surface area contributed by atoms with E-state index in [0.717, 1.165) is 38.5 Å². The monoisotopic (exact) mass is 250 g/mol. The normalized spacial score (nSPS) is 17.0. The van der Waals surface area contributed by atoms with Gasteiger partial charge in [-0.05, 0) is 18.8 Å². The minimum absolute atomic E-state index is 0.327. The van der Waals surface area contributed by atoms with E-state index >= 15 is 0 Å². The Morgan fingerprint density at radius 2 is 1.81 bits per heavy atom. The van der Waals surface area contributed by atoms with E-state index in [9.17, 15) is 9.46 Å². The molecule has 0 aromatic heterocycles. The lowest BCUT2D eigenvalue weighted by atomic mass is 10.0. The molecule has 16 heavy (non-hydrogen) atoms. The van der Waals surface area contributed by atoms with E-state index in [-0.39, 0.29) is 0 Å². The number of hydrogen-bond acceptors (Lipinski definition) is 2. The Kier molecular flexibility index (Phi) is 9.29. The second-order valence-corrected chi connectivity index (χ2v) is 6.32. The summed E-state index contributed by atoms with van der Waals surface area (Å²) in [5.41, 5.74) is 0. The van der Waals surface area contributed by atoms with Crippen LogP contribution in [0.4, 0.5) is 0 Å². The van der Waals surface area contributed by atoms with Crippen molar-refractivity contribution in [2.75, 3.05) is 12.8 Å². The lowest BCUT2D eigenvalue weighted by Gasteiger charge is -2.18. The molecule has 0 amide bonds. The zero-order valence-electron chi connectivity index (χ0n) is 10.9. The molecule has 0 saturated heterocycles. The molecule has 0 bridgehead atoms. The van der Waals surface area contributed by atoms with E-state index < -0.39 is 7.60 Å². The average Bonchev–Trinajstić information content (AvgIpc) is 2.24. The average molecular weight is 250 g/mol. The SMILES string of the molecule is CCCCOP(=O)(O)CC(CC)CCCC. The fourth-order valence-corrected chi connectivity index (χ4v) is 3.26. The van der Waals surface area contributed by atoms with Gasteiger partial charge < -0.3 is 9.42 Å². The van der Waals surface area contributed by atoms with Gasteiger partial charge in [0.15, 0.2) is 0 Å². The minimum atomic E-state index is -3.34. The summed E-state index contributed by atoms with van der Waals surface area (Å²) in [5.74, 6) is 0.331. The summed E-state index contributed by atoms with van der Waals surface area (Å²) in [6, 6.07) is 0. The van der Waals surface area contributed by atoms with Crippen LogP contribution in [0.5, 0.6) is 0 Å². The van der Waals surface area contributed by atoms with E-state index in [4.69, 9.17) is 4.52 Å². The van der Waals surface area contributed by atoms with Crippen LogP contribution >= 0.6 is 7.60 Å². The molecule has 2 atom stereocenters. The molecular weight excluding hydrogens is 223 g/mol. The van der Waals surface area contributed by atoms with E-state index in [0.29, 0.717) is 18.7 Å². The summed E-state index contributed by atoms with van der Waals surface area (Å²) in [7, 11) is -3.34. The van der Waals surface area contributed by atoms with Crippen LogP contribution in [0.3, 0.4) is 0 Å². The summed E-state index contributed by atoms with van der Waals surface area (Å²) in [6.07, 6.45) is 6.45. The highest BCUT2D eigenvalue weighted by Crippen LogP contribution is 2.45. The summed E-state index contributed by atoms with van der Waals surface area (Å²) in [4.78, 5) is 9.68. The molecule has 4 heteroatoms. The largest absolute Gasteiger partial charge is 0.328 e. The Balaban J connectivity index is 3.94. The maximum absolute atomic E-state index is 11.8. The van der Waals surface area contributed by atoms with Gasteiger partial charge >= 0.3 is 7.60 Å². The molecule has 0 aromatic carbocycles. The van der Waals surface area contributed by atoms with Crippen LogP contribution < -0.4 is 0 Å². The van der Waals surface area contributed by atoms with Crippen LogP contribution in [0.25, 0.3) is 0 Å². The Labute approximate surface area is 100 Å². The fraction of sp³-hybridized carbons (Fsp3) is 1.00. The summed E-state index contributed by atoms with van der Waals surface area (Å²) in [5, 5.41) is 0. The van der Waals surface area contributed by atoms with Crippen molar-refractivity contribution < 1.29 is 14.0 Å². The van der Waals surface area contributed by atoms with Crippen LogP contribution in [0.2, 0.25) is 0 Å². The molecule has 2 unspecified atom stereocenters. The van der Waals surface area contributed by atoms with E-state index in [2.05, 4.69) is 13.8 Å². The highest BCUT2D eigenvalue weighted by molar-refractivity contribution is 7.52. The van der Waals surface area contributed by atoms with Crippen molar-refractivity contribution in [3.8, 4) is 0 Å². The molecule has 0 aromatic rings. The molecule has 0 aliphatic heterocycles. The van der Waals surface area contributed by atoms with Gasteiger partial charge in [-0.3, -0.25) is 4.57 Å². The highest BCUT2D eigenvalue weighted by Gasteiger charge is 2.23. The molecule has 0 radical (unpaired) electrons. The summed E-state index contributed by atoms with van der Waals surface area (Å²) >= 11 is 0. The van der Waals surface area contributed by atoms with E-state index in [1.165, 1.54) is 0 Å². The van der Waals surface area contributed by atoms with Crippen molar-refractivity contribution in [3.05, 3.63) is 0 Å². The molecule has 0 rings (SSSR count). The molecule has 0 spiro atoms. The predicted molar refractivity (Wildman–Crippen MR) is 68.9 cm³/mol. The second kappa shape index (κ2) is 9.21. The van der Waals surface area contributed by atoms with Crippen molar-refractivity contribution >= 4 is 7.60 Å². The third-order valence-electron chi connectivity index (χ3n) is 2.82. The molecule has 1 N–H and O–H groups in total. The lowest BCUT2D eigenvalue weighted by molar-refractivity contribution is 0.248. The summed E-state index contributed by atoms with van der Waals surface area (Å²) in [6.45, 7) is 6.67. The van der Waals surface area contributed by atoms with Gasteiger partial charge in [0.1, 0.15) is 0 Å². The number of rotatable bonds is 10. The molecule has 3 nitrogen and oxygen atoms in total. The van der Waals surface area contributed by atoms with Gasteiger partial charge in [0.2, 0.25) is 0 Å². The van der Waals surface area contributed by atoms with Gasteiger partial charge in [-0.1, -0.05) is 46.5 Å². The van der Waals surface area contributed by atoms with E-state index in [1.54, 1.807) is 0 Å². The first-order chi connectivity index (χ1) is 7.55. The topological polar surface area (TPSA) is 46.5 Å². The number of hydrogen-bond donors (Lipinski definition) is 1. The van der Waals surface area contributed by atoms with Gasteiger partial charge in [-0.25, -0.2) is 0 Å². The van der Waals surface area contributed by atoms with Crippen LogP contribution in [0.1, 0.15) is 59.3 Å². The second-order valence-electron chi connectivity index (χ2n) is 4.42. The smallest absolute Gasteiger partial charge is 0.324 e. The van der Waals surface area contributed by atoms with Crippen molar-refractivity contribution in [1.29, 1.82) is 0 Å². The quantitative estimate of drug-likeness (QED) is 0.467. The first-order valence-electron chi connectivity index (χ1n) is 6.52. The molecule has 0 aliphatic carbocycles. The van der Waals surface area contributed by atoms with Gasteiger partial charge in [-0.2, -0.15) is 0 Å². The van der Waals surface area contributed by atoms with Crippen LogP contribution in [0, 0.1) is 5.92 Å². The maximum atomic E-state index is 11.8. The van der Waals surface area contributed by atoms with Crippen LogP contribution in [-0.4, -0.2) is 17.7 Å². The highest BCUT2D eigenvalue weighted by atomic mass is 31.2. The molecule has 98 valence electrons. The van der Waals surface area contributed by atoms with Crippen molar-refractivity contribution in [2.24, 2.45) is 5.92 Å².